The van der Waals surface area contributed by atoms with Crippen molar-refractivity contribution in [1.29, 1.82) is 0 Å². The monoisotopic (exact) mass is 673 g/mol. The molecule has 6 rings (SSSR count). The summed E-state index contributed by atoms with van der Waals surface area (Å²) in [7, 11) is 2.87. The number of para-hydroxylation sites is 1. The van der Waals surface area contributed by atoms with Crippen LogP contribution in [0.2, 0.25) is 0 Å². The fraction of sp³-hybridized carbons (Fsp3) is 0.132. The van der Waals surface area contributed by atoms with E-state index in [2.05, 4.69) is 25.9 Å². The van der Waals surface area contributed by atoms with E-state index in [0.717, 1.165) is 23.6 Å². The number of carbonyl (C=O) groups is 2. The number of anilines is 2. The predicted molar refractivity (Wildman–Crippen MR) is 187 cm³/mol. The normalized spacial score (nSPS) is 10.9. The van der Waals surface area contributed by atoms with Gasteiger partial charge in [-0.05, 0) is 61.0 Å². The number of carbonyl (C=O) groups excluding carboxylic acids is 2. The summed E-state index contributed by atoms with van der Waals surface area (Å²) in [6.07, 6.45) is 4.07. The van der Waals surface area contributed by atoms with Crippen LogP contribution >= 0.6 is 0 Å². The molecule has 0 unspecified atom stereocenters. The number of hydrogen-bond donors (Lipinski definition) is 3. The van der Waals surface area contributed by atoms with Crippen LogP contribution in [0.15, 0.2) is 113 Å². The standard InChI is InChI=1S/C38H32FN5O6/c1-48-33-17-28(30(18-34(33)49-2)44-38(47)35-19-31(45)27-8-4-6-10-32(27)50-35)37(46)43-25-13-11-23(12-14-25)15-16-40-20-24-21-41-36(42-22-24)26-7-3-5-9-29(26)39/h3-14,17-19,21-22,40H,15-16,20H2,1-2H3,(H,43,46)(H,44,47). The van der Waals surface area contributed by atoms with Gasteiger partial charge in [-0.25, -0.2) is 14.4 Å². The minimum atomic E-state index is -0.723. The van der Waals surface area contributed by atoms with Crippen LogP contribution in [-0.2, 0) is 13.0 Å². The summed E-state index contributed by atoms with van der Waals surface area (Å²) in [5.74, 6) is -0.924. The highest BCUT2D eigenvalue weighted by molar-refractivity contribution is 6.12. The minimum Gasteiger partial charge on any atom is -0.493 e. The van der Waals surface area contributed by atoms with Crippen LogP contribution in [0.5, 0.6) is 11.5 Å². The highest BCUT2D eigenvalue weighted by atomic mass is 19.1. The molecule has 0 saturated heterocycles. The molecule has 2 amide bonds. The molecule has 0 aliphatic carbocycles. The molecule has 12 heteroatoms. The minimum absolute atomic E-state index is 0.0957. The molecule has 2 aromatic heterocycles. The van der Waals surface area contributed by atoms with Crippen LogP contribution in [0.25, 0.3) is 22.4 Å². The van der Waals surface area contributed by atoms with E-state index in [1.807, 2.05) is 12.1 Å². The Balaban J connectivity index is 1.08. The molecule has 0 radical (unpaired) electrons. The van der Waals surface area contributed by atoms with Gasteiger partial charge < -0.3 is 29.8 Å². The molecule has 0 bridgehead atoms. The van der Waals surface area contributed by atoms with Gasteiger partial charge >= 0.3 is 0 Å². The third-order valence-electron chi connectivity index (χ3n) is 7.83. The lowest BCUT2D eigenvalue weighted by atomic mass is 10.1. The van der Waals surface area contributed by atoms with Gasteiger partial charge in [-0.15, -0.1) is 0 Å². The van der Waals surface area contributed by atoms with Crippen molar-refractivity contribution in [1.82, 2.24) is 15.3 Å². The lowest BCUT2D eigenvalue weighted by molar-refractivity contribution is 0.0997. The summed E-state index contributed by atoms with van der Waals surface area (Å²) in [5.41, 5.74) is 2.91. The van der Waals surface area contributed by atoms with Crippen molar-refractivity contribution in [2.45, 2.75) is 13.0 Å². The van der Waals surface area contributed by atoms with Crippen LogP contribution in [0, 0.1) is 5.82 Å². The number of rotatable bonds is 12. The molecule has 2 heterocycles. The van der Waals surface area contributed by atoms with E-state index in [4.69, 9.17) is 13.9 Å². The molecule has 252 valence electrons. The van der Waals surface area contributed by atoms with Gasteiger partial charge in [-0.1, -0.05) is 36.4 Å². The Morgan fingerprint density at radius 2 is 1.50 bits per heavy atom. The van der Waals surface area contributed by atoms with Crippen LogP contribution in [0.1, 0.15) is 32.0 Å². The average molecular weight is 674 g/mol. The Labute approximate surface area is 286 Å². The number of ether oxygens (including phenoxy) is 2. The van der Waals surface area contributed by atoms with Crippen molar-refractivity contribution in [3.05, 3.63) is 142 Å². The van der Waals surface area contributed by atoms with Crippen molar-refractivity contribution >= 4 is 34.2 Å². The second kappa shape index (κ2) is 15.2. The van der Waals surface area contributed by atoms with Crippen LogP contribution in [-0.4, -0.2) is 42.5 Å². The lowest BCUT2D eigenvalue weighted by Gasteiger charge is -2.16. The van der Waals surface area contributed by atoms with Gasteiger partial charge in [0, 0.05) is 42.3 Å². The Bertz CT molecular complexity index is 2220. The molecule has 50 heavy (non-hydrogen) atoms. The van der Waals surface area contributed by atoms with Crippen LogP contribution in [0.3, 0.4) is 0 Å². The van der Waals surface area contributed by atoms with Gasteiger partial charge in [-0.3, -0.25) is 14.4 Å². The van der Waals surface area contributed by atoms with Gasteiger partial charge in [-0.2, -0.15) is 0 Å². The molecule has 4 aromatic carbocycles. The van der Waals surface area contributed by atoms with E-state index in [-0.39, 0.29) is 45.3 Å². The number of methoxy groups -OCH3 is 2. The smallest absolute Gasteiger partial charge is 0.291 e. The summed E-state index contributed by atoms with van der Waals surface area (Å²) in [6.45, 7) is 1.22. The second-order valence-electron chi connectivity index (χ2n) is 11.2. The van der Waals surface area contributed by atoms with Crippen LogP contribution in [0.4, 0.5) is 15.8 Å². The number of benzene rings is 4. The van der Waals surface area contributed by atoms with Gasteiger partial charge in [0.2, 0.25) is 0 Å². The lowest BCUT2D eigenvalue weighted by Crippen LogP contribution is -2.20. The zero-order valence-electron chi connectivity index (χ0n) is 27.2. The number of nitrogens with one attached hydrogen (secondary N) is 3. The van der Waals surface area contributed by atoms with Gasteiger partial charge in [0.25, 0.3) is 11.8 Å². The Hall–Kier alpha value is -6.40. The number of hydrogen-bond acceptors (Lipinski definition) is 9. The first-order chi connectivity index (χ1) is 24.3. The molecule has 3 N–H and O–H groups in total. The molecule has 0 fully saturated rings. The zero-order valence-corrected chi connectivity index (χ0v) is 27.2. The maximum atomic E-state index is 14.0. The summed E-state index contributed by atoms with van der Waals surface area (Å²) in [4.78, 5) is 47.9. The average Bonchev–Trinajstić information content (AvgIpc) is 3.14. The van der Waals surface area contributed by atoms with Crippen molar-refractivity contribution in [2.24, 2.45) is 0 Å². The fourth-order valence-corrected chi connectivity index (χ4v) is 5.22. The van der Waals surface area contributed by atoms with E-state index in [0.29, 0.717) is 35.6 Å². The third-order valence-corrected chi connectivity index (χ3v) is 7.83. The SMILES string of the molecule is COc1cc(NC(=O)c2cc(=O)c3ccccc3o2)c(C(=O)Nc2ccc(CCNCc3cnc(-c4ccccc4F)nc3)cc2)cc1OC. The highest BCUT2D eigenvalue weighted by Crippen LogP contribution is 2.34. The third kappa shape index (κ3) is 7.66. The van der Waals surface area contributed by atoms with Gasteiger partial charge in [0.1, 0.15) is 11.4 Å². The summed E-state index contributed by atoms with van der Waals surface area (Å²) in [5, 5.41) is 9.23. The zero-order chi connectivity index (χ0) is 35.0. The summed E-state index contributed by atoms with van der Waals surface area (Å²) in [6, 6.07) is 24.4. The molecule has 0 aliphatic heterocycles. The molecule has 11 nitrogen and oxygen atoms in total. The van der Waals surface area contributed by atoms with Crippen LogP contribution < -0.4 is 30.9 Å². The maximum absolute atomic E-state index is 14.0. The first kappa shape index (κ1) is 33.5. The molecular formula is C38H32FN5O6. The number of nitrogens with zero attached hydrogens (tertiary/aromatic N) is 2. The summed E-state index contributed by atoms with van der Waals surface area (Å²) >= 11 is 0. The predicted octanol–water partition coefficient (Wildman–Crippen LogP) is 6.24. The van der Waals surface area contributed by atoms with E-state index >= 15 is 0 Å². The second-order valence-corrected chi connectivity index (χ2v) is 11.2. The molecule has 0 saturated carbocycles. The topological polar surface area (TPSA) is 145 Å². The Kier molecular flexibility index (Phi) is 10.2. The van der Waals surface area contributed by atoms with Crippen molar-refractivity contribution in [2.75, 3.05) is 31.4 Å². The molecule has 0 aliphatic rings. The molecule has 6 aromatic rings. The quantitative estimate of drug-likeness (QED) is 0.129. The Morgan fingerprint density at radius 1 is 0.800 bits per heavy atom. The maximum Gasteiger partial charge on any atom is 0.291 e. The first-order valence-electron chi connectivity index (χ1n) is 15.6. The largest absolute Gasteiger partial charge is 0.493 e. The van der Waals surface area contributed by atoms with Crippen molar-refractivity contribution < 1.29 is 27.9 Å². The van der Waals surface area contributed by atoms with E-state index in [1.165, 1.54) is 32.4 Å². The summed E-state index contributed by atoms with van der Waals surface area (Å²) < 4.78 is 30.5. The van der Waals surface area contributed by atoms with E-state index < -0.39 is 11.8 Å². The van der Waals surface area contributed by atoms with Crippen molar-refractivity contribution in [3.63, 3.8) is 0 Å². The van der Waals surface area contributed by atoms with E-state index in [1.54, 1.807) is 67.0 Å². The molecule has 0 atom stereocenters. The van der Waals surface area contributed by atoms with Crippen molar-refractivity contribution in [3.8, 4) is 22.9 Å². The first-order valence-corrected chi connectivity index (χ1v) is 15.6. The fourth-order valence-electron chi connectivity index (χ4n) is 5.22. The van der Waals surface area contributed by atoms with E-state index in [9.17, 15) is 18.8 Å². The van der Waals surface area contributed by atoms with Gasteiger partial charge in [0.05, 0.1) is 36.4 Å². The Morgan fingerprint density at radius 3 is 2.24 bits per heavy atom. The highest BCUT2D eigenvalue weighted by Gasteiger charge is 2.21. The molecule has 0 spiro atoms. The molecular weight excluding hydrogens is 641 g/mol. The number of fused-ring (bicyclic) bond motifs is 1. The number of halogens is 1. The van der Waals surface area contributed by atoms with Gasteiger partial charge in [0.15, 0.2) is 28.5 Å². The number of amides is 2. The number of aromatic nitrogens is 2.